The monoisotopic (exact) mass is 399 g/mol. The number of carbonyl (C=O) groups excluding carboxylic acids is 1. The van der Waals surface area contributed by atoms with Crippen LogP contribution in [0.3, 0.4) is 0 Å². The van der Waals surface area contributed by atoms with Crippen LogP contribution in [0.2, 0.25) is 0 Å². The maximum Gasteiger partial charge on any atom is 0.174 e. The molecule has 1 aromatic rings. The van der Waals surface area contributed by atoms with Crippen LogP contribution in [-0.4, -0.2) is 53.0 Å². The lowest BCUT2D eigenvalue weighted by molar-refractivity contribution is -0.924. The van der Waals surface area contributed by atoms with Gasteiger partial charge in [0.25, 0.3) is 0 Å². The summed E-state index contributed by atoms with van der Waals surface area (Å²) in [5, 5.41) is 24.8. The van der Waals surface area contributed by atoms with E-state index in [9.17, 15) is 15.1 Å². The Balaban J connectivity index is 1.60. The average Bonchev–Trinajstić information content (AvgIpc) is 3.43. The molecule has 2 saturated carbocycles. The van der Waals surface area contributed by atoms with Crippen molar-refractivity contribution in [3.63, 3.8) is 0 Å². The summed E-state index contributed by atoms with van der Waals surface area (Å²) in [5.41, 5.74) is 0.687. The third kappa shape index (κ3) is 2.10. The molecule has 6 rings (SSSR count). The molecule has 29 heavy (non-hydrogen) atoms. The van der Waals surface area contributed by atoms with Gasteiger partial charge in [0.15, 0.2) is 23.4 Å². The van der Waals surface area contributed by atoms with Crippen LogP contribution in [0.25, 0.3) is 0 Å². The lowest BCUT2D eigenvalue weighted by atomic mass is 9.48. The average molecular weight is 399 g/mol. The molecular weight excluding hydrogens is 370 g/mol. The Hall–Kier alpha value is -1.63. The standard InChI is InChI=1S/C23H29NO5/c1-2-11-28-23-8-7-17(26)21-22(23)9-10-24(27,13-14-3-4-14)18(23)12-15-5-6-16(25)20(29-21)19(15)22/h5-6,14,18,21,25H,2-4,7-13H2,1H3/t18-,21+,22+,23?,24?/m1/s1. The second-order valence-corrected chi connectivity index (χ2v) is 9.89. The first-order valence-corrected chi connectivity index (χ1v) is 11.2. The van der Waals surface area contributed by atoms with Crippen molar-refractivity contribution in [2.24, 2.45) is 5.92 Å². The number of Topliss-reactive ketones (excluding diaryl/α,β-unsaturated/α-hetero) is 1. The molecule has 6 nitrogen and oxygen atoms in total. The molecule has 1 spiro atoms. The SMILES string of the molecule is CCCOC12CCC(=O)[C@@H]3Oc4c(O)ccc5c4[C@@]31CC[N+]([O-])(CC1CC1)[C@@H]2C5. The summed E-state index contributed by atoms with van der Waals surface area (Å²) < 4.78 is 12.7. The Morgan fingerprint density at radius 3 is 2.93 bits per heavy atom. The fourth-order valence-corrected chi connectivity index (χ4v) is 7.09. The van der Waals surface area contributed by atoms with Crippen molar-refractivity contribution < 1.29 is 24.0 Å². The lowest BCUT2D eigenvalue weighted by Crippen LogP contribution is -2.81. The molecule has 2 aliphatic heterocycles. The number of quaternary nitrogens is 1. The minimum absolute atomic E-state index is 0.0796. The number of phenolic OH excluding ortho intramolecular Hbond substituents is 1. The Morgan fingerprint density at radius 1 is 1.34 bits per heavy atom. The fourth-order valence-electron chi connectivity index (χ4n) is 7.09. The number of benzene rings is 1. The quantitative estimate of drug-likeness (QED) is 0.608. The molecule has 6 heteroatoms. The van der Waals surface area contributed by atoms with Gasteiger partial charge in [-0.05, 0) is 37.3 Å². The summed E-state index contributed by atoms with van der Waals surface area (Å²) in [6.07, 6.45) is 4.71. The van der Waals surface area contributed by atoms with Gasteiger partial charge < -0.3 is 24.4 Å². The molecule has 2 bridgehead atoms. The zero-order valence-electron chi connectivity index (χ0n) is 17.0. The Labute approximate surface area is 171 Å². The van der Waals surface area contributed by atoms with Gasteiger partial charge in [-0.2, -0.15) is 0 Å². The molecule has 0 radical (unpaired) electrons. The summed E-state index contributed by atoms with van der Waals surface area (Å²) in [6, 6.07) is 3.37. The van der Waals surface area contributed by atoms with E-state index in [1.165, 1.54) is 0 Å². The van der Waals surface area contributed by atoms with E-state index < -0.39 is 17.1 Å². The van der Waals surface area contributed by atoms with Crippen LogP contribution < -0.4 is 4.74 Å². The highest BCUT2D eigenvalue weighted by Gasteiger charge is 2.77. The van der Waals surface area contributed by atoms with Gasteiger partial charge in [-0.25, -0.2) is 0 Å². The van der Waals surface area contributed by atoms with Crippen LogP contribution in [0.4, 0.5) is 0 Å². The van der Waals surface area contributed by atoms with Crippen molar-refractivity contribution in [1.82, 2.24) is 0 Å². The Morgan fingerprint density at radius 2 is 2.17 bits per heavy atom. The van der Waals surface area contributed by atoms with Gasteiger partial charge in [-0.15, -0.1) is 0 Å². The van der Waals surface area contributed by atoms with Gasteiger partial charge in [-0.3, -0.25) is 4.79 Å². The van der Waals surface area contributed by atoms with Crippen molar-refractivity contribution in [2.45, 2.75) is 75.0 Å². The van der Waals surface area contributed by atoms with Crippen molar-refractivity contribution >= 4 is 5.78 Å². The predicted octanol–water partition coefficient (Wildman–Crippen LogP) is 2.97. The molecule has 2 unspecified atom stereocenters. The van der Waals surface area contributed by atoms with E-state index in [-0.39, 0.29) is 22.2 Å². The molecular formula is C23H29NO5. The van der Waals surface area contributed by atoms with Crippen LogP contribution in [0, 0.1) is 11.1 Å². The summed E-state index contributed by atoms with van der Waals surface area (Å²) in [7, 11) is 0. The van der Waals surface area contributed by atoms with Gasteiger partial charge in [0.1, 0.15) is 11.6 Å². The van der Waals surface area contributed by atoms with Crippen LogP contribution in [0.1, 0.15) is 56.6 Å². The number of hydrogen-bond acceptors (Lipinski definition) is 5. The third-order valence-electron chi connectivity index (χ3n) is 8.38. The molecule has 5 atom stereocenters. The van der Waals surface area contributed by atoms with E-state index in [2.05, 4.69) is 6.92 Å². The zero-order chi connectivity index (χ0) is 20.0. The van der Waals surface area contributed by atoms with Gasteiger partial charge in [-0.1, -0.05) is 13.0 Å². The summed E-state index contributed by atoms with van der Waals surface area (Å²) in [5.74, 6) is 1.16. The first-order valence-electron chi connectivity index (χ1n) is 11.2. The highest BCUT2D eigenvalue weighted by molar-refractivity contribution is 5.90. The van der Waals surface area contributed by atoms with Crippen molar-refractivity contribution in [3.05, 3.63) is 28.5 Å². The molecule has 1 aromatic carbocycles. The molecule has 3 aliphatic carbocycles. The third-order valence-corrected chi connectivity index (χ3v) is 8.38. The van der Waals surface area contributed by atoms with E-state index in [0.717, 1.165) is 30.4 Å². The number of likely N-dealkylation sites (tertiary alicyclic amines) is 1. The van der Waals surface area contributed by atoms with Gasteiger partial charge in [0.2, 0.25) is 0 Å². The predicted molar refractivity (Wildman–Crippen MR) is 106 cm³/mol. The van der Waals surface area contributed by atoms with E-state index in [0.29, 0.717) is 57.0 Å². The van der Waals surface area contributed by atoms with E-state index in [1.54, 1.807) is 6.07 Å². The molecule has 1 N–H and O–H groups in total. The minimum atomic E-state index is -0.692. The molecule has 156 valence electrons. The number of nitrogens with zero attached hydrogens (tertiary/aromatic N) is 1. The second kappa shape index (κ2) is 5.74. The minimum Gasteiger partial charge on any atom is -0.632 e. The van der Waals surface area contributed by atoms with E-state index >= 15 is 0 Å². The Bertz CT molecular complexity index is 897. The molecule has 1 saturated heterocycles. The van der Waals surface area contributed by atoms with Crippen molar-refractivity contribution in [3.8, 4) is 11.5 Å². The van der Waals surface area contributed by atoms with Crippen LogP contribution in [0.5, 0.6) is 11.5 Å². The zero-order valence-corrected chi connectivity index (χ0v) is 17.0. The van der Waals surface area contributed by atoms with Crippen molar-refractivity contribution in [1.29, 1.82) is 0 Å². The number of rotatable bonds is 5. The fraction of sp³-hybridized carbons (Fsp3) is 0.696. The molecule has 0 amide bonds. The number of hydrogen-bond donors (Lipinski definition) is 1. The highest BCUT2D eigenvalue weighted by atomic mass is 16.6. The maximum absolute atomic E-state index is 14.3. The topological polar surface area (TPSA) is 78.8 Å². The number of hydroxylamine groups is 3. The molecule has 3 fully saturated rings. The van der Waals surface area contributed by atoms with E-state index in [1.807, 2.05) is 6.07 Å². The number of ether oxygens (including phenoxy) is 2. The largest absolute Gasteiger partial charge is 0.632 e. The summed E-state index contributed by atoms with van der Waals surface area (Å²) in [6.45, 7) is 3.82. The second-order valence-electron chi connectivity index (χ2n) is 9.89. The number of aromatic hydroxyl groups is 1. The first kappa shape index (κ1) is 18.2. The van der Waals surface area contributed by atoms with Gasteiger partial charge in [0.05, 0.1) is 18.5 Å². The van der Waals surface area contributed by atoms with Crippen LogP contribution in [-0.2, 0) is 21.4 Å². The van der Waals surface area contributed by atoms with Crippen LogP contribution >= 0.6 is 0 Å². The highest BCUT2D eigenvalue weighted by Crippen LogP contribution is 2.67. The van der Waals surface area contributed by atoms with E-state index in [4.69, 9.17) is 9.47 Å². The maximum atomic E-state index is 14.3. The van der Waals surface area contributed by atoms with Crippen molar-refractivity contribution in [2.75, 3.05) is 19.7 Å². The molecule has 2 heterocycles. The van der Waals surface area contributed by atoms with Gasteiger partial charge >= 0.3 is 0 Å². The molecule has 0 aromatic heterocycles. The summed E-state index contributed by atoms with van der Waals surface area (Å²) >= 11 is 0. The summed E-state index contributed by atoms with van der Waals surface area (Å²) in [4.78, 5) is 13.1. The number of ketones is 1. The Kier molecular flexibility index (Phi) is 3.60. The first-order chi connectivity index (χ1) is 14.0. The smallest absolute Gasteiger partial charge is 0.174 e. The number of carbonyl (C=O) groups is 1. The lowest BCUT2D eigenvalue weighted by Gasteiger charge is -2.68. The van der Waals surface area contributed by atoms with Gasteiger partial charge in [0, 0.05) is 37.4 Å². The van der Waals surface area contributed by atoms with Crippen LogP contribution in [0.15, 0.2) is 12.1 Å². The number of piperidine rings is 1. The number of phenols is 1. The molecule has 5 aliphatic rings. The normalized spacial score (nSPS) is 41.8.